The van der Waals surface area contributed by atoms with Crippen molar-refractivity contribution in [2.75, 3.05) is 0 Å². The first-order valence-corrected chi connectivity index (χ1v) is 6.18. The maximum Gasteiger partial charge on any atom is 0.310 e. The van der Waals surface area contributed by atoms with Crippen LogP contribution in [0.5, 0.6) is 0 Å². The number of fused-ring (bicyclic) bond motifs is 1. The summed E-state index contributed by atoms with van der Waals surface area (Å²) < 4.78 is 0. The van der Waals surface area contributed by atoms with Gasteiger partial charge in [0, 0.05) is 6.42 Å². The van der Waals surface area contributed by atoms with Crippen molar-refractivity contribution < 1.29 is 9.90 Å². The summed E-state index contributed by atoms with van der Waals surface area (Å²) in [7, 11) is 0. The van der Waals surface area contributed by atoms with Gasteiger partial charge in [0.05, 0.1) is 17.0 Å². The summed E-state index contributed by atoms with van der Waals surface area (Å²) in [6.07, 6.45) is 0.901. The lowest BCUT2D eigenvalue weighted by molar-refractivity contribution is -0.138. The highest BCUT2D eigenvalue weighted by atomic mass is 16.4. The number of H-pyrrole nitrogens is 1. The molecule has 0 amide bonds. The van der Waals surface area contributed by atoms with Gasteiger partial charge < -0.3 is 10.1 Å². The number of carboxylic acids is 1. The van der Waals surface area contributed by atoms with Crippen molar-refractivity contribution in [3.63, 3.8) is 0 Å². The van der Waals surface area contributed by atoms with Gasteiger partial charge in [-0.1, -0.05) is 19.9 Å². The molecule has 0 aliphatic rings. The van der Waals surface area contributed by atoms with Gasteiger partial charge in [-0.2, -0.15) is 0 Å². The monoisotopic (exact) mass is 246 g/mol. The van der Waals surface area contributed by atoms with Gasteiger partial charge in [-0.3, -0.25) is 4.79 Å². The molecule has 0 aliphatic heterocycles. The van der Waals surface area contributed by atoms with Crippen LogP contribution in [0.2, 0.25) is 0 Å². The Hall–Kier alpha value is -1.84. The van der Waals surface area contributed by atoms with Crippen molar-refractivity contribution in [2.45, 2.75) is 33.1 Å². The molecule has 4 heteroatoms. The van der Waals surface area contributed by atoms with E-state index in [1.165, 1.54) is 0 Å². The van der Waals surface area contributed by atoms with Crippen LogP contribution < -0.4 is 0 Å². The number of carbonyl (C=O) groups is 1. The van der Waals surface area contributed by atoms with Crippen LogP contribution in [0.25, 0.3) is 11.0 Å². The minimum Gasteiger partial charge on any atom is -0.481 e. The number of rotatable bonds is 4. The fourth-order valence-electron chi connectivity index (χ4n) is 1.98. The molecule has 0 radical (unpaired) electrons. The topological polar surface area (TPSA) is 66.0 Å². The summed E-state index contributed by atoms with van der Waals surface area (Å²) in [6.45, 7) is 5.98. The van der Waals surface area contributed by atoms with Gasteiger partial charge in [0.25, 0.3) is 0 Å². The predicted molar refractivity (Wildman–Crippen MR) is 70.7 cm³/mol. The molecule has 2 rings (SSSR count). The Labute approximate surface area is 106 Å². The third-order valence-electron chi connectivity index (χ3n) is 3.03. The van der Waals surface area contributed by atoms with Crippen molar-refractivity contribution in [3.05, 3.63) is 29.6 Å². The molecule has 0 spiro atoms. The average molecular weight is 246 g/mol. The highest BCUT2D eigenvalue weighted by Crippen LogP contribution is 2.21. The smallest absolute Gasteiger partial charge is 0.310 e. The van der Waals surface area contributed by atoms with Crippen LogP contribution >= 0.6 is 0 Å². The Morgan fingerprint density at radius 1 is 1.39 bits per heavy atom. The molecule has 1 aromatic heterocycles. The molecular weight excluding hydrogens is 228 g/mol. The quantitative estimate of drug-likeness (QED) is 0.871. The molecule has 2 N–H and O–H groups in total. The molecule has 96 valence electrons. The number of aromatic amines is 1. The standard InChI is InChI=1S/C14H18N2O2/c1-8(2)6-13-15-11-5-4-10(7-12(11)16-13)9(3)14(17)18/h4-5,7-9H,6H2,1-3H3,(H,15,16)(H,17,18). The van der Waals surface area contributed by atoms with Gasteiger partial charge in [0.15, 0.2) is 0 Å². The van der Waals surface area contributed by atoms with Crippen LogP contribution in [0.3, 0.4) is 0 Å². The normalized spacial score (nSPS) is 13.1. The van der Waals surface area contributed by atoms with Gasteiger partial charge in [0.2, 0.25) is 0 Å². The van der Waals surface area contributed by atoms with E-state index in [1.807, 2.05) is 18.2 Å². The van der Waals surface area contributed by atoms with Crippen LogP contribution in [-0.2, 0) is 11.2 Å². The third kappa shape index (κ3) is 2.53. The molecule has 1 heterocycles. The van der Waals surface area contributed by atoms with E-state index in [9.17, 15) is 4.79 Å². The molecule has 0 fully saturated rings. The predicted octanol–water partition coefficient (Wildman–Crippen LogP) is 2.95. The van der Waals surface area contributed by atoms with E-state index in [2.05, 4.69) is 23.8 Å². The van der Waals surface area contributed by atoms with E-state index in [0.717, 1.165) is 28.8 Å². The summed E-state index contributed by atoms with van der Waals surface area (Å²) in [5.41, 5.74) is 2.61. The van der Waals surface area contributed by atoms with E-state index in [-0.39, 0.29) is 0 Å². The van der Waals surface area contributed by atoms with E-state index in [0.29, 0.717) is 5.92 Å². The SMILES string of the molecule is CC(C)Cc1nc2ccc(C(C)C(=O)O)cc2[nH]1. The third-order valence-corrected chi connectivity index (χ3v) is 3.03. The van der Waals surface area contributed by atoms with Gasteiger partial charge in [0.1, 0.15) is 5.82 Å². The zero-order chi connectivity index (χ0) is 13.3. The Morgan fingerprint density at radius 2 is 2.11 bits per heavy atom. The zero-order valence-corrected chi connectivity index (χ0v) is 10.9. The summed E-state index contributed by atoms with van der Waals surface area (Å²) >= 11 is 0. The Kier molecular flexibility index (Phi) is 3.36. The van der Waals surface area contributed by atoms with Crippen molar-refractivity contribution in [1.82, 2.24) is 9.97 Å². The van der Waals surface area contributed by atoms with Gasteiger partial charge in [-0.05, 0) is 30.5 Å². The number of carboxylic acid groups (broad SMARTS) is 1. The second-order valence-corrected chi connectivity index (χ2v) is 5.12. The van der Waals surface area contributed by atoms with Crippen molar-refractivity contribution in [2.24, 2.45) is 5.92 Å². The molecule has 4 nitrogen and oxygen atoms in total. The van der Waals surface area contributed by atoms with Crippen molar-refractivity contribution in [1.29, 1.82) is 0 Å². The Balaban J connectivity index is 2.36. The largest absolute Gasteiger partial charge is 0.481 e. The maximum absolute atomic E-state index is 11.0. The second kappa shape index (κ2) is 4.80. The highest BCUT2D eigenvalue weighted by molar-refractivity contribution is 5.80. The van der Waals surface area contributed by atoms with Crippen LogP contribution in [0.15, 0.2) is 18.2 Å². The van der Waals surface area contributed by atoms with E-state index in [4.69, 9.17) is 5.11 Å². The minimum absolute atomic E-state index is 0.494. The lowest BCUT2D eigenvalue weighted by Crippen LogP contribution is -2.06. The number of nitrogens with zero attached hydrogens (tertiary/aromatic N) is 1. The maximum atomic E-state index is 11.0. The molecular formula is C14H18N2O2. The molecule has 1 unspecified atom stereocenters. The number of imidazole rings is 1. The first-order chi connectivity index (χ1) is 8.47. The molecule has 0 aliphatic carbocycles. The van der Waals surface area contributed by atoms with E-state index >= 15 is 0 Å². The molecule has 2 aromatic rings. The fraction of sp³-hybridized carbons (Fsp3) is 0.429. The number of hydrogen-bond donors (Lipinski definition) is 2. The summed E-state index contributed by atoms with van der Waals surface area (Å²) in [6, 6.07) is 5.59. The van der Waals surface area contributed by atoms with Crippen LogP contribution in [0.1, 0.15) is 38.1 Å². The number of aromatic nitrogens is 2. The first kappa shape index (κ1) is 12.6. The molecule has 0 saturated heterocycles. The van der Waals surface area contributed by atoms with E-state index in [1.54, 1.807) is 6.92 Å². The fourth-order valence-corrected chi connectivity index (χ4v) is 1.98. The molecule has 1 aromatic carbocycles. The molecule has 18 heavy (non-hydrogen) atoms. The van der Waals surface area contributed by atoms with Crippen LogP contribution in [0.4, 0.5) is 0 Å². The molecule has 0 saturated carbocycles. The lowest BCUT2D eigenvalue weighted by Gasteiger charge is -2.05. The van der Waals surface area contributed by atoms with Crippen LogP contribution in [-0.4, -0.2) is 21.0 Å². The first-order valence-electron chi connectivity index (χ1n) is 6.18. The second-order valence-electron chi connectivity index (χ2n) is 5.12. The minimum atomic E-state index is -0.809. The van der Waals surface area contributed by atoms with Crippen LogP contribution in [0, 0.1) is 5.92 Å². The van der Waals surface area contributed by atoms with Gasteiger partial charge in [-0.15, -0.1) is 0 Å². The number of hydrogen-bond acceptors (Lipinski definition) is 2. The van der Waals surface area contributed by atoms with Crippen molar-refractivity contribution >= 4 is 17.0 Å². The zero-order valence-electron chi connectivity index (χ0n) is 10.9. The average Bonchev–Trinajstić information content (AvgIpc) is 2.67. The highest BCUT2D eigenvalue weighted by Gasteiger charge is 2.14. The van der Waals surface area contributed by atoms with Gasteiger partial charge in [-0.25, -0.2) is 4.98 Å². The molecule has 1 atom stereocenters. The number of nitrogens with one attached hydrogen (secondary N) is 1. The summed E-state index contributed by atoms with van der Waals surface area (Å²) in [5, 5.41) is 9.01. The lowest BCUT2D eigenvalue weighted by atomic mass is 10.0. The number of aliphatic carboxylic acids is 1. The van der Waals surface area contributed by atoms with Crippen molar-refractivity contribution in [3.8, 4) is 0 Å². The Morgan fingerprint density at radius 3 is 2.72 bits per heavy atom. The number of benzene rings is 1. The Bertz CT molecular complexity index is 572. The van der Waals surface area contributed by atoms with E-state index < -0.39 is 11.9 Å². The van der Waals surface area contributed by atoms with Gasteiger partial charge >= 0.3 is 5.97 Å². The summed E-state index contributed by atoms with van der Waals surface area (Å²) in [4.78, 5) is 18.7. The summed E-state index contributed by atoms with van der Waals surface area (Å²) in [5.74, 6) is 0.200. The molecule has 0 bridgehead atoms.